The van der Waals surface area contributed by atoms with Crippen molar-refractivity contribution in [1.29, 1.82) is 0 Å². The van der Waals surface area contributed by atoms with Crippen LogP contribution in [-0.2, 0) is 11.3 Å². The van der Waals surface area contributed by atoms with E-state index in [1.54, 1.807) is 6.08 Å². The van der Waals surface area contributed by atoms with Crippen molar-refractivity contribution >= 4 is 23.6 Å². The Labute approximate surface area is 190 Å². The number of aromatic nitrogens is 2. The molecule has 2 heterocycles. The molecule has 0 bridgehead atoms. The lowest BCUT2D eigenvalue weighted by atomic mass is 10.0. The Morgan fingerprint density at radius 3 is 2.61 bits per heavy atom. The minimum absolute atomic E-state index is 0.0413. The summed E-state index contributed by atoms with van der Waals surface area (Å²) < 4.78 is 1.94. The normalized spacial score (nSPS) is 15.4. The van der Waals surface area contributed by atoms with E-state index in [0.29, 0.717) is 6.54 Å². The summed E-state index contributed by atoms with van der Waals surface area (Å²) in [4.78, 5) is 14.9. The third kappa shape index (κ3) is 6.55. The van der Waals surface area contributed by atoms with Crippen molar-refractivity contribution in [3.63, 3.8) is 0 Å². The van der Waals surface area contributed by atoms with Gasteiger partial charge in [0, 0.05) is 48.0 Å². The molecule has 166 valence electrons. The van der Waals surface area contributed by atoms with Gasteiger partial charge < -0.3 is 5.32 Å². The summed E-state index contributed by atoms with van der Waals surface area (Å²) in [5.74, 6) is -0.0413. The van der Waals surface area contributed by atoms with Gasteiger partial charge in [0.1, 0.15) is 0 Å². The van der Waals surface area contributed by atoms with Crippen LogP contribution in [0.1, 0.15) is 49.2 Å². The van der Waals surface area contributed by atoms with E-state index in [4.69, 9.17) is 11.6 Å². The van der Waals surface area contributed by atoms with Crippen molar-refractivity contribution < 1.29 is 4.79 Å². The number of nitrogens with zero attached hydrogens (tertiary/aromatic N) is 3. The van der Waals surface area contributed by atoms with Gasteiger partial charge in [-0.3, -0.25) is 14.4 Å². The van der Waals surface area contributed by atoms with E-state index in [2.05, 4.69) is 35.2 Å². The first-order chi connectivity index (χ1) is 14.8. The molecule has 0 spiro atoms. The fraction of sp³-hybridized carbons (Fsp3) is 0.440. The summed E-state index contributed by atoms with van der Waals surface area (Å²) in [6.45, 7) is 11.9. The van der Waals surface area contributed by atoms with Crippen LogP contribution in [0.5, 0.6) is 0 Å². The van der Waals surface area contributed by atoms with Crippen LogP contribution in [-0.4, -0.2) is 46.3 Å². The van der Waals surface area contributed by atoms with Crippen LogP contribution >= 0.6 is 11.6 Å². The summed E-state index contributed by atoms with van der Waals surface area (Å²) in [7, 11) is 0. The maximum Gasteiger partial charge on any atom is 0.244 e. The highest BCUT2D eigenvalue weighted by Crippen LogP contribution is 2.20. The van der Waals surface area contributed by atoms with Crippen molar-refractivity contribution in [1.82, 2.24) is 20.0 Å². The van der Waals surface area contributed by atoms with Crippen LogP contribution in [0.3, 0.4) is 0 Å². The summed E-state index contributed by atoms with van der Waals surface area (Å²) in [5, 5.41) is 8.53. The third-order valence-electron chi connectivity index (χ3n) is 5.81. The number of likely N-dealkylation sites (tertiary alicyclic amines) is 1. The highest BCUT2D eigenvalue weighted by Gasteiger charge is 2.19. The van der Waals surface area contributed by atoms with Crippen molar-refractivity contribution in [2.24, 2.45) is 0 Å². The van der Waals surface area contributed by atoms with Gasteiger partial charge in [0.15, 0.2) is 0 Å². The molecule has 0 radical (unpaired) electrons. The SMILES string of the molecule is CC(C)=CCN1CCC(NC(=O)/C=C/c2c(C)nn(Cc3ccccc3Cl)c2C)CC1. The molecule has 1 aromatic heterocycles. The van der Waals surface area contributed by atoms with E-state index in [-0.39, 0.29) is 11.9 Å². The van der Waals surface area contributed by atoms with Crippen molar-refractivity contribution in [3.8, 4) is 0 Å². The molecule has 1 N–H and O–H groups in total. The van der Waals surface area contributed by atoms with Crippen molar-refractivity contribution in [2.45, 2.75) is 53.1 Å². The summed E-state index contributed by atoms with van der Waals surface area (Å²) in [5.41, 5.74) is 5.29. The van der Waals surface area contributed by atoms with E-state index in [1.165, 1.54) is 5.57 Å². The molecule has 5 nitrogen and oxygen atoms in total. The number of piperidine rings is 1. The molecular weight excluding hydrogens is 408 g/mol. The molecular formula is C25H33ClN4O. The number of rotatable bonds is 7. The third-order valence-corrected chi connectivity index (χ3v) is 6.18. The number of nitrogens with one attached hydrogen (secondary N) is 1. The van der Waals surface area contributed by atoms with Crippen LogP contribution in [0, 0.1) is 13.8 Å². The zero-order valence-corrected chi connectivity index (χ0v) is 19.7. The van der Waals surface area contributed by atoms with Crippen LogP contribution in [0.4, 0.5) is 0 Å². The van der Waals surface area contributed by atoms with Crippen molar-refractivity contribution in [2.75, 3.05) is 19.6 Å². The number of benzene rings is 1. The van der Waals surface area contributed by atoms with Gasteiger partial charge in [0.25, 0.3) is 0 Å². The second-order valence-electron chi connectivity index (χ2n) is 8.53. The van der Waals surface area contributed by atoms with E-state index in [1.807, 2.05) is 48.9 Å². The second-order valence-corrected chi connectivity index (χ2v) is 8.94. The molecule has 3 rings (SSSR count). The van der Waals surface area contributed by atoms with Crippen LogP contribution in [0.2, 0.25) is 5.02 Å². The molecule has 1 saturated heterocycles. The van der Waals surface area contributed by atoms with Gasteiger partial charge >= 0.3 is 0 Å². The van der Waals surface area contributed by atoms with Gasteiger partial charge in [-0.1, -0.05) is 41.4 Å². The van der Waals surface area contributed by atoms with Gasteiger partial charge in [-0.2, -0.15) is 5.10 Å². The molecule has 2 aromatic rings. The van der Waals surface area contributed by atoms with Gasteiger partial charge in [0.05, 0.1) is 12.2 Å². The molecule has 1 fully saturated rings. The standard InChI is InChI=1S/C25H33ClN4O/c1-18(2)11-14-29-15-12-22(13-16-29)27-25(31)10-9-23-19(3)28-30(20(23)4)17-21-7-5-6-8-24(21)26/h5-11,22H,12-17H2,1-4H3,(H,27,31)/b10-9+. The van der Waals surface area contributed by atoms with Crippen LogP contribution < -0.4 is 5.32 Å². The fourth-order valence-electron chi connectivity index (χ4n) is 3.87. The topological polar surface area (TPSA) is 50.2 Å². The number of amides is 1. The highest BCUT2D eigenvalue weighted by molar-refractivity contribution is 6.31. The average molecular weight is 441 g/mol. The first-order valence-corrected chi connectivity index (χ1v) is 11.3. The number of carbonyl (C=O) groups excluding carboxylic acids is 1. The van der Waals surface area contributed by atoms with Gasteiger partial charge in [-0.25, -0.2) is 0 Å². The molecule has 6 heteroatoms. The lowest BCUT2D eigenvalue weighted by Crippen LogP contribution is -2.44. The predicted molar refractivity (Wildman–Crippen MR) is 128 cm³/mol. The lowest BCUT2D eigenvalue weighted by Gasteiger charge is -2.31. The predicted octanol–water partition coefficient (Wildman–Crippen LogP) is 4.76. The number of halogens is 1. The molecule has 1 aliphatic heterocycles. The smallest absolute Gasteiger partial charge is 0.244 e. The number of hydrogen-bond acceptors (Lipinski definition) is 3. The quantitative estimate of drug-likeness (QED) is 0.498. The zero-order valence-electron chi connectivity index (χ0n) is 19.0. The van der Waals surface area contributed by atoms with Gasteiger partial charge in [-0.05, 0) is 58.2 Å². The summed E-state index contributed by atoms with van der Waals surface area (Å²) in [6, 6.07) is 8.04. The molecule has 31 heavy (non-hydrogen) atoms. The molecule has 1 amide bonds. The Morgan fingerprint density at radius 1 is 1.23 bits per heavy atom. The molecule has 1 aromatic carbocycles. The summed E-state index contributed by atoms with van der Waals surface area (Å²) in [6.07, 6.45) is 7.75. The second kappa shape index (κ2) is 10.8. The first kappa shape index (κ1) is 23.3. The van der Waals surface area contributed by atoms with E-state index >= 15 is 0 Å². The minimum Gasteiger partial charge on any atom is -0.350 e. The Bertz CT molecular complexity index is 964. The number of aryl methyl sites for hydroxylation is 1. The maximum absolute atomic E-state index is 12.5. The Kier molecular flexibility index (Phi) is 8.10. The lowest BCUT2D eigenvalue weighted by molar-refractivity contribution is -0.117. The molecule has 1 aliphatic rings. The molecule has 0 unspecified atom stereocenters. The summed E-state index contributed by atoms with van der Waals surface area (Å²) >= 11 is 6.29. The maximum atomic E-state index is 12.5. The van der Waals surface area contributed by atoms with E-state index in [0.717, 1.165) is 60.0 Å². The molecule has 0 aliphatic carbocycles. The zero-order chi connectivity index (χ0) is 22.4. The number of hydrogen-bond donors (Lipinski definition) is 1. The van der Waals surface area contributed by atoms with Crippen LogP contribution in [0.25, 0.3) is 6.08 Å². The molecule has 0 atom stereocenters. The van der Waals surface area contributed by atoms with E-state index in [9.17, 15) is 4.79 Å². The number of allylic oxidation sites excluding steroid dienone is 1. The van der Waals surface area contributed by atoms with E-state index < -0.39 is 0 Å². The monoisotopic (exact) mass is 440 g/mol. The molecule has 0 saturated carbocycles. The number of carbonyl (C=O) groups is 1. The largest absolute Gasteiger partial charge is 0.350 e. The Hall–Kier alpha value is -2.37. The highest BCUT2D eigenvalue weighted by atomic mass is 35.5. The average Bonchev–Trinajstić information content (AvgIpc) is 3.00. The van der Waals surface area contributed by atoms with Crippen molar-refractivity contribution in [3.05, 3.63) is 69.5 Å². The fourth-order valence-corrected chi connectivity index (χ4v) is 4.07. The van der Waals surface area contributed by atoms with Gasteiger partial charge in [-0.15, -0.1) is 0 Å². The Balaban J connectivity index is 1.56. The Morgan fingerprint density at radius 2 is 1.94 bits per heavy atom. The first-order valence-electron chi connectivity index (χ1n) is 10.9. The van der Waals surface area contributed by atoms with Gasteiger partial charge in [0.2, 0.25) is 5.91 Å². The van der Waals surface area contributed by atoms with Crippen LogP contribution in [0.15, 0.2) is 42.0 Å². The minimum atomic E-state index is -0.0413.